The molecule has 6 N–H and O–H groups in total. The fourth-order valence-corrected chi connectivity index (χ4v) is 11.9. The van der Waals surface area contributed by atoms with Crippen molar-refractivity contribution in [2.75, 3.05) is 36.5 Å². The first-order valence-corrected chi connectivity index (χ1v) is 25.4. The molecule has 10 atom stereocenters. The standard InChI is InChI=1S/C36H45BF2N12O10P2S/c1-2-3-4-5-6-23(52)42-11-24(53)49-20-9-7-19(8-10-20)14-64-63(55)57-13-22-29(25(38)35(59-22)50-17-47-27-31(40)43-15-45-33(27)50)60-62(37,54)56-12-21-30(61-63)26(39)36(58-21)51-18-48-28-32(41)44-16-46-34(28)51/h7-10,15-18,21-22,25-26,29-30,35-36H,2-6,11-14,37H2,1H3,(H,42,52)(H,49,53)(H2,40,43,45)(H2,41,44,46)/t21-,22-,25-,26-,29-,30-,35-,36-,62+,63-/m1/s1. The maximum atomic E-state index is 16.8. The van der Waals surface area contributed by atoms with Crippen LogP contribution >= 0.6 is 25.7 Å². The number of hydrogen-bond acceptors (Lipinski definition) is 19. The Kier molecular flexibility index (Phi) is 13.9. The average Bonchev–Trinajstić information content (AvgIpc) is 4.04. The Morgan fingerprint density at radius 1 is 0.812 bits per heavy atom. The second kappa shape index (κ2) is 19.4. The minimum atomic E-state index is -4.51. The SMILES string of the molecule is B[P@]1(=O)OC[C@H]2O[C@@H](n3cnc4c(N)ncnc43)[C@H](F)[C@@H]2O[P@](=O)(SCc2ccc(NC(=O)CNC(=O)CCCCCC)cc2)OC[C@H]2O[C@@H](n3cnc4c(N)ncnc43)[C@H](F)[C@@H]2O1. The Morgan fingerprint density at radius 2 is 1.39 bits per heavy atom. The largest absolute Gasteiger partial charge is 0.389 e. The van der Waals surface area contributed by atoms with E-state index in [-0.39, 0.29) is 52.2 Å². The van der Waals surface area contributed by atoms with Crippen LogP contribution in [0.4, 0.5) is 26.1 Å². The molecule has 0 radical (unpaired) electrons. The number of amides is 2. The fraction of sp³-hybridized carbons (Fsp3) is 0.500. The van der Waals surface area contributed by atoms with Gasteiger partial charge in [0.05, 0.1) is 32.4 Å². The third-order valence-electron chi connectivity index (χ3n) is 10.6. The summed E-state index contributed by atoms with van der Waals surface area (Å²) in [7, 11) is -3.08. The number of benzene rings is 1. The smallest absolute Gasteiger partial charge is 0.382 e. The predicted molar refractivity (Wildman–Crippen MR) is 231 cm³/mol. The van der Waals surface area contributed by atoms with Crippen LogP contribution in [0.2, 0.25) is 0 Å². The molecule has 3 aliphatic rings. The molecule has 0 bridgehead atoms. The molecule has 22 nitrogen and oxygen atoms in total. The van der Waals surface area contributed by atoms with Crippen LogP contribution < -0.4 is 22.1 Å². The molecule has 1 aromatic carbocycles. The van der Waals surface area contributed by atoms with Gasteiger partial charge in [-0.25, -0.2) is 43.2 Å². The average molecular weight is 949 g/mol. The van der Waals surface area contributed by atoms with E-state index >= 15 is 8.78 Å². The number of rotatable bonds is 13. The number of nitrogens with two attached hydrogens (primary N) is 2. The molecule has 8 rings (SSSR count). The molecule has 2 amide bonds. The quantitative estimate of drug-likeness (QED) is 0.0739. The minimum Gasteiger partial charge on any atom is -0.382 e. The van der Waals surface area contributed by atoms with Crippen molar-refractivity contribution in [1.82, 2.24) is 44.4 Å². The van der Waals surface area contributed by atoms with E-state index < -0.39 is 82.6 Å². The van der Waals surface area contributed by atoms with Crippen molar-refractivity contribution in [3.05, 3.63) is 55.1 Å². The van der Waals surface area contributed by atoms with Gasteiger partial charge in [-0.2, -0.15) is 0 Å². The van der Waals surface area contributed by atoms with Crippen molar-refractivity contribution in [2.24, 2.45) is 0 Å². The highest BCUT2D eigenvalue weighted by molar-refractivity contribution is 8.54. The molecule has 7 heterocycles. The van der Waals surface area contributed by atoms with Gasteiger partial charge < -0.3 is 40.6 Å². The number of imidazole rings is 2. The van der Waals surface area contributed by atoms with E-state index in [4.69, 9.17) is 39.0 Å². The van der Waals surface area contributed by atoms with E-state index in [9.17, 15) is 18.7 Å². The van der Waals surface area contributed by atoms with Crippen LogP contribution in [0, 0.1) is 0 Å². The third kappa shape index (κ3) is 10.1. The van der Waals surface area contributed by atoms with Gasteiger partial charge in [0.15, 0.2) is 47.7 Å². The van der Waals surface area contributed by atoms with Crippen molar-refractivity contribution in [3.8, 4) is 0 Å². The van der Waals surface area contributed by atoms with Gasteiger partial charge in [-0.15, -0.1) is 0 Å². The fourth-order valence-electron chi connectivity index (χ4n) is 7.36. The summed E-state index contributed by atoms with van der Waals surface area (Å²) in [4.78, 5) is 49.2. The van der Waals surface area contributed by atoms with Gasteiger partial charge >= 0.3 is 6.80 Å². The number of fused-ring (bicyclic) bond motifs is 4. The Balaban J connectivity index is 1.02. The van der Waals surface area contributed by atoms with Crippen molar-refractivity contribution in [3.63, 3.8) is 0 Å². The Morgan fingerprint density at radius 3 is 1.98 bits per heavy atom. The summed E-state index contributed by atoms with van der Waals surface area (Å²) in [6, 6.07) is 6.54. The number of nitrogens with one attached hydrogen (secondary N) is 2. The Hall–Kier alpha value is -4.65. The van der Waals surface area contributed by atoms with Gasteiger partial charge in [0.2, 0.25) is 11.8 Å². The summed E-state index contributed by atoms with van der Waals surface area (Å²) >= 11 is 0.701. The van der Waals surface area contributed by atoms with Crippen LogP contribution in [0.1, 0.15) is 57.0 Å². The number of carbonyl (C=O) groups excluding carboxylic acids is 2. The molecular formula is C36H45BF2N12O10P2S. The van der Waals surface area contributed by atoms with Crippen LogP contribution in [-0.2, 0) is 52.0 Å². The van der Waals surface area contributed by atoms with Gasteiger partial charge in [-0.1, -0.05) is 38.3 Å². The number of halogens is 2. The Bertz CT molecular complexity index is 2590. The van der Waals surface area contributed by atoms with Gasteiger partial charge in [-0.3, -0.25) is 32.3 Å². The zero-order valence-corrected chi connectivity index (χ0v) is 37.1. The Labute approximate surface area is 368 Å². The lowest BCUT2D eigenvalue weighted by Gasteiger charge is -2.30. The highest BCUT2D eigenvalue weighted by Crippen LogP contribution is 2.65. The van der Waals surface area contributed by atoms with E-state index in [0.29, 0.717) is 29.1 Å². The number of alkyl halides is 2. The summed E-state index contributed by atoms with van der Waals surface area (Å²) in [6.45, 7) is -3.91. The minimum absolute atomic E-state index is 0.0246. The number of ether oxygens (including phenoxy) is 2. The first kappa shape index (κ1) is 45.9. The zero-order chi connectivity index (χ0) is 45.2. The molecule has 3 fully saturated rings. The number of nitrogen functional groups attached to an aromatic ring is 2. The number of aromatic nitrogens is 8. The molecule has 0 spiro atoms. The van der Waals surface area contributed by atoms with Gasteiger partial charge in [0.1, 0.15) is 48.1 Å². The van der Waals surface area contributed by atoms with E-state index in [2.05, 4.69) is 47.5 Å². The van der Waals surface area contributed by atoms with E-state index in [1.54, 1.807) is 24.3 Å². The summed E-state index contributed by atoms with van der Waals surface area (Å²) in [5.41, 5.74) is 13.6. The normalized spacial score (nSPS) is 29.7. The van der Waals surface area contributed by atoms with Crippen molar-refractivity contribution in [1.29, 1.82) is 0 Å². The lowest BCUT2D eigenvalue weighted by molar-refractivity contribution is -0.124. The van der Waals surface area contributed by atoms with Crippen LogP contribution in [-0.4, -0.2) is 115 Å². The van der Waals surface area contributed by atoms with E-state index in [1.165, 1.54) is 34.4 Å². The lowest BCUT2D eigenvalue weighted by Crippen LogP contribution is -2.37. The summed E-state index contributed by atoms with van der Waals surface area (Å²) < 4.78 is 101. The third-order valence-corrected chi connectivity index (χ3v) is 15.5. The molecule has 3 saturated heterocycles. The molecule has 0 saturated carbocycles. The lowest BCUT2D eigenvalue weighted by atomic mass is 10.1. The molecule has 28 heteroatoms. The molecule has 64 heavy (non-hydrogen) atoms. The van der Waals surface area contributed by atoms with Crippen molar-refractivity contribution >= 4 is 84.7 Å². The first-order valence-electron chi connectivity index (χ1n) is 20.3. The maximum Gasteiger partial charge on any atom is 0.389 e. The molecule has 0 unspecified atom stereocenters. The van der Waals surface area contributed by atoms with E-state index in [0.717, 1.165) is 33.2 Å². The van der Waals surface area contributed by atoms with Gasteiger partial charge in [0.25, 0.3) is 15.0 Å². The van der Waals surface area contributed by atoms with Crippen molar-refractivity contribution in [2.45, 2.75) is 94.0 Å². The highest BCUT2D eigenvalue weighted by Gasteiger charge is 2.54. The van der Waals surface area contributed by atoms with E-state index in [1.807, 2.05) is 0 Å². The molecule has 4 aromatic heterocycles. The summed E-state index contributed by atoms with van der Waals surface area (Å²) in [5.74, 6) is -0.580. The van der Waals surface area contributed by atoms with Gasteiger partial charge in [0, 0.05) is 17.9 Å². The molecule has 5 aromatic rings. The predicted octanol–water partition coefficient (Wildman–Crippen LogP) is 3.93. The first-order chi connectivity index (χ1) is 30.7. The second-order valence-corrected chi connectivity index (χ2v) is 21.3. The molecule has 342 valence electrons. The summed E-state index contributed by atoms with van der Waals surface area (Å²) in [6.07, 6.45) is -4.18. The number of anilines is 3. The van der Waals surface area contributed by atoms with Crippen molar-refractivity contribution < 1.29 is 55.1 Å². The number of hydrogen-bond donors (Lipinski definition) is 4. The maximum absolute atomic E-state index is 16.8. The topological polar surface area (TPSA) is 287 Å². The molecule has 0 aliphatic carbocycles. The zero-order valence-electron chi connectivity index (χ0n) is 34.5. The van der Waals surface area contributed by atoms with Crippen LogP contribution in [0.25, 0.3) is 22.3 Å². The van der Waals surface area contributed by atoms with Crippen LogP contribution in [0.15, 0.2) is 49.6 Å². The number of nitrogens with zero attached hydrogens (tertiary/aromatic N) is 8. The molecule has 3 aliphatic heterocycles. The monoisotopic (exact) mass is 948 g/mol. The second-order valence-electron chi connectivity index (χ2n) is 15.2. The van der Waals surface area contributed by atoms with Gasteiger partial charge in [-0.05, 0) is 35.5 Å². The molecular weight excluding hydrogens is 903 g/mol. The highest BCUT2D eigenvalue weighted by atomic mass is 32.7. The number of unbranched alkanes of at least 4 members (excludes halogenated alkanes) is 3. The van der Waals surface area contributed by atoms with Crippen LogP contribution in [0.3, 0.4) is 0 Å². The number of carbonyl (C=O) groups is 2. The summed E-state index contributed by atoms with van der Waals surface area (Å²) in [5, 5.41) is 5.34. The van der Waals surface area contributed by atoms with Crippen LogP contribution in [0.5, 0.6) is 0 Å².